The average Bonchev–Trinajstić information content (AvgIpc) is 2.63. The molecule has 1 rings (SSSR count). The molecule has 0 fully saturated rings. The summed E-state index contributed by atoms with van der Waals surface area (Å²) in [5.41, 5.74) is 0. The second-order valence-electron chi connectivity index (χ2n) is 3.54. The van der Waals surface area contributed by atoms with Crippen molar-refractivity contribution in [3.63, 3.8) is 0 Å². The highest BCUT2D eigenvalue weighted by atomic mass is 16.3. The zero-order chi connectivity index (χ0) is 11.4. The number of nitrogens with zero attached hydrogens (tertiary/aromatic N) is 2. The maximum atomic E-state index is 11.8. The van der Waals surface area contributed by atoms with Crippen molar-refractivity contribution in [3.05, 3.63) is 23.7 Å². The average molecular weight is 206 g/mol. The summed E-state index contributed by atoms with van der Waals surface area (Å²) < 4.78 is 5.22. The number of aryl methyl sites for hydroxylation is 1. The van der Waals surface area contributed by atoms with Gasteiger partial charge in [0.25, 0.3) is 5.91 Å². The van der Waals surface area contributed by atoms with Gasteiger partial charge in [-0.15, -0.1) is 0 Å². The quantitative estimate of drug-likeness (QED) is 0.759. The van der Waals surface area contributed by atoms with E-state index in [1.54, 1.807) is 26.1 Å². The third-order valence-corrected chi connectivity index (χ3v) is 2.32. The molecule has 1 aromatic rings. The normalized spacial score (nSPS) is 11.9. The Morgan fingerprint density at radius 2 is 2.33 bits per heavy atom. The van der Waals surface area contributed by atoms with E-state index in [2.05, 4.69) is 0 Å². The number of hydrogen-bond donors (Lipinski definition) is 0. The standard InChI is InChI=1S/C11H14N2O2/c1-8(6-7-12)13(3)11(14)10-5-4-9(2)15-10/h4-5,8H,6H2,1-3H3. The third-order valence-electron chi connectivity index (χ3n) is 2.32. The van der Waals surface area contributed by atoms with Crippen LogP contribution in [-0.4, -0.2) is 23.9 Å². The lowest BCUT2D eigenvalue weighted by Crippen LogP contribution is -2.34. The van der Waals surface area contributed by atoms with E-state index in [0.29, 0.717) is 17.9 Å². The molecular weight excluding hydrogens is 192 g/mol. The molecule has 1 heterocycles. The molecule has 0 bridgehead atoms. The summed E-state index contributed by atoms with van der Waals surface area (Å²) in [6.07, 6.45) is 0.321. The maximum Gasteiger partial charge on any atom is 0.289 e. The fourth-order valence-corrected chi connectivity index (χ4v) is 1.19. The van der Waals surface area contributed by atoms with Crippen molar-refractivity contribution in [2.45, 2.75) is 26.3 Å². The fourth-order valence-electron chi connectivity index (χ4n) is 1.19. The number of carbonyl (C=O) groups excluding carboxylic acids is 1. The lowest BCUT2D eigenvalue weighted by Gasteiger charge is -2.21. The number of carbonyl (C=O) groups is 1. The molecule has 0 aromatic carbocycles. The highest BCUT2D eigenvalue weighted by molar-refractivity contribution is 5.91. The summed E-state index contributed by atoms with van der Waals surface area (Å²) in [7, 11) is 1.67. The number of furan rings is 1. The van der Waals surface area contributed by atoms with Crippen molar-refractivity contribution in [3.8, 4) is 6.07 Å². The SMILES string of the molecule is Cc1ccc(C(=O)N(C)C(C)CC#N)o1. The van der Waals surface area contributed by atoms with Gasteiger partial charge in [-0.1, -0.05) is 0 Å². The smallest absolute Gasteiger partial charge is 0.289 e. The van der Waals surface area contributed by atoms with Crippen LogP contribution in [0.25, 0.3) is 0 Å². The summed E-state index contributed by atoms with van der Waals surface area (Å²) in [5.74, 6) is 0.838. The van der Waals surface area contributed by atoms with Crippen molar-refractivity contribution in [2.24, 2.45) is 0 Å². The fraction of sp³-hybridized carbons (Fsp3) is 0.455. The molecule has 0 spiro atoms. The molecule has 0 N–H and O–H groups in total. The van der Waals surface area contributed by atoms with Crippen molar-refractivity contribution < 1.29 is 9.21 Å². The van der Waals surface area contributed by atoms with Crippen molar-refractivity contribution in [2.75, 3.05) is 7.05 Å². The number of nitriles is 1. The highest BCUT2D eigenvalue weighted by Gasteiger charge is 2.19. The molecule has 0 radical (unpaired) electrons. The van der Waals surface area contributed by atoms with Crippen LogP contribution in [0.15, 0.2) is 16.5 Å². The van der Waals surface area contributed by atoms with Gasteiger partial charge < -0.3 is 9.32 Å². The summed E-state index contributed by atoms with van der Waals surface area (Å²) in [4.78, 5) is 13.3. The highest BCUT2D eigenvalue weighted by Crippen LogP contribution is 2.11. The van der Waals surface area contributed by atoms with Crippen LogP contribution >= 0.6 is 0 Å². The molecule has 0 aliphatic heterocycles. The molecular formula is C11H14N2O2. The van der Waals surface area contributed by atoms with Crippen molar-refractivity contribution >= 4 is 5.91 Å². The molecule has 4 heteroatoms. The predicted octanol–water partition coefficient (Wildman–Crippen LogP) is 1.96. The van der Waals surface area contributed by atoms with Crippen LogP contribution in [-0.2, 0) is 0 Å². The van der Waals surface area contributed by atoms with Gasteiger partial charge in [-0.3, -0.25) is 4.79 Å². The molecule has 0 saturated carbocycles. The molecule has 15 heavy (non-hydrogen) atoms. The Bertz CT molecular complexity index is 390. The van der Waals surface area contributed by atoms with E-state index in [1.165, 1.54) is 4.90 Å². The van der Waals surface area contributed by atoms with Gasteiger partial charge in [-0.05, 0) is 26.0 Å². The van der Waals surface area contributed by atoms with Gasteiger partial charge in [0.2, 0.25) is 0 Å². The first-order chi connectivity index (χ1) is 7.06. The molecule has 0 aliphatic carbocycles. The van der Waals surface area contributed by atoms with Crippen molar-refractivity contribution in [1.82, 2.24) is 4.90 Å². The van der Waals surface area contributed by atoms with Crippen LogP contribution in [0.3, 0.4) is 0 Å². The Labute approximate surface area is 89.1 Å². The molecule has 1 aromatic heterocycles. The minimum absolute atomic E-state index is 0.104. The van der Waals surface area contributed by atoms with Gasteiger partial charge in [0.05, 0.1) is 12.5 Å². The van der Waals surface area contributed by atoms with E-state index in [9.17, 15) is 4.79 Å². The predicted molar refractivity (Wildman–Crippen MR) is 55.2 cm³/mol. The zero-order valence-corrected chi connectivity index (χ0v) is 9.15. The van der Waals surface area contributed by atoms with E-state index in [0.717, 1.165) is 0 Å². The van der Waals surface area contributed by atoms with Gasteiger partial charge in [0.1, 0.15) is 5.76 Å². The van der Waals surface area contributed by atoms with E-state index in [4.69, 9.17) is 9.68 Å². The van der Waals surface area contributed by atoms with E-state index >= 15 is 0 Å². The molecule has 0 aliphatic rings. The van der Waals surface area contributed by atoms with Crippen molar-refractivity contribution in [1.29, 1.82) is 5.26 Å². The lowest BCUT2D eigenvalue weighted by molar-refractivity contribution is 0.0712. The third kappa shape index (κ3) is 2.59. The summed E-state index contributed by atoms with van der Waals surface area (Å²) >= 11 is 0. The molecule has 1 unspecified atom stereocenters. The first-order valence-electron chi connectivity index (χ1n) is 4.76. The van der Waals surface area contributed by atoms with Gasteiger partial charge in [-0.25, -0.2) is 0 Å². The topological polar surface area (TPSA) is 57.2 Å². The summed E-state index contributed by atoms with van der Waals surface area (Å²) in [6.45, 7) is 3.62. The zero-order valence-electron chi connectivity index (χ0n) is 9.15. The first kappa shape index (κ1) is 11.3. The van der Waals surface area contributed by atoms with E-state index in [-0.39, 0.29) is 11.9 Å². The van der Waals surface area contributed by atoms with Crippen LogP contribution in [0.1, 0.15) is 29.7 Å². The summed E-state index contributed by atoms with van der Waals surface area (Å²) in [5, 5.41) is 8.53. The van der Waals surface area contributed by atoms with Gasteiger partial charge in [0, 0.05) is 13.1 Å². The Balaban J connectivity index is 2.73. The van der Waals surface area contributed by atoms with Crippen LogP contribution in [0, 0.1) is 18.3 Å². The summed E-state index contributed by atoms with van der Waals surface area (Å²) in [6, 6.07) is 5.32. The second-order valence-corrected chi connectivity index (χ2v) is 3.54. The molecule has 1 atom stereocenters. The molecule has 1 amide bonds. The Hall–Kier alpha value is -1.76. The van der Waals surface area contributed by atoms with E-state index < -0.39 is 0 Å². The number of rotatable bonds is 3. The Kier molecular flexibility index (Phi) is 3.51. The lowest BCUT2D eigenvalue weighted by atomic mass is 10.2. The van der Waals surface area contributed by atoms with Gasteiger partial charge >= 0.3 is 0 Å². The first-order valence-corrected chi connectivity index (χ1v) is 4.76. The molecule has 80 valence electrons. The van der Waals surface area contributed by atoms with Crippen LogP contribution in [0.5, 0.6) is 0 Å². The van der Waals surface area contributed by atoms with E-state index in [1.807, 2.05) is 13.0 Å². The monoisotopic (exact) mass is 206 g/mol. The van der Waals surface area contributed by atoms with Crippen LogP contribution in [0.2, 0.25) is 0 Å². The van der Waals surface area contributed by atoms with Crippen LogP contribution in [0.4, 0.5) is 0 Å². The largest absolute Gasteiger partial charge is 0.456 e. The van der Waals surface area contributed by atoms with Crippen LogP contribution < -0.4 is 0 Å². The minimum atomic E-state index is -0.189. The maximum absolute atomic E-state index is 11.8. The minimum Gasteiger partial charge on any atom is -0.456 e. The molecule has 4 nitrogen and oxygen atoms in total. The Morgan fingerprint density at radius 3 is 2.80 bits per heavy atom. The number of amides is 1. The van der Waals surface area contributed by atoms with Gasteiger partial charge in [0.15, 0.2) is 5.76 Å². The van der Waals surface area contributed by atoms with Gasteiger partial charge in [-0.2, -0.15) is 5.26 Å². The Morgan fingerprint density at radius 1 is 1.67 bits per heavy atom. The molecule has 0 saturated heterocycles. The second kappa shape index (κ2) is 4.65. The number of hydrogen-bond acceptors (Lipinski definition) is 3.